The maximum absolute atomic E-state index is 12.3. The van der Waals surface area contributed by atoms with Crippen LogP contribution in [0.3, 0.4) is 0 Å². The Balaban J connectivity index is 1.50. The summed E-state index contributed by atoms with van der Waals surface area (Å²) >= 11 is 7.46. The topological polar surface area (TPSA) is 102 Å². The molecular formula is C21H17ClN2O5S. The van der Waals surface area contributed by atoms with Crippen molar-refractivity contribution in [3.05, 3.63) is 64.0 Å². The molecule has 2 aromatic carbocycles. The molecule has 0 radical (unpaired) electrons. The van der Waals surface area contributed by atoms with E-state index in [2.05, 4.69) is 10.6 Å². The Morgan fingerprint density at radius 2 is 1.73 bits per heavy atom. The van der Waals surface area contributed by atoms with E-state index in [0.717, 1.165) is 10.1 Å². The first-order valence-corrected chi connectivity index (χ1v) is 10.1. The molecule has 30 heavy (non-hydrogen) atoms. The number of carbonyl (C=O) groups is 4. The summed E-state index contributed by atoms with van der Waals surface area (Å²) < 4.78 is 5.73. The minimum Gasteiger partial charge on any atom is -0.454 e. The highest BCUT2D eigenvalue weighted by Crippen LogP contribution is 2.34. The Hall–Kier alpha value is -3.23. The first-order chi connectivity index (χ1) is 14.4. The highest BCUT2D eigenvalue weighted by Gasteiger charge is 2.18. The first-order valence-electron chi connectivity index (χ1n) is 8.87. The van der Waals surface area contributed by atoms with E-state index in [1.807, 2.05) is 24.3 Å². The van der Waals surface area contributed by atoms with Crippen LogP contribution in [0, 0.1) is 0 Å². The van der Waals surface area contributed by atoms with Gasteiger partial charge in [-0.1, -0.05) is 41.9 Å². The molecule has 7 nitrogen and oxygen atoms in total. The Labute approximate surface area is 181 Å². The molecule has 0 saturated heterocycles. The minimum atomic E-state index is -0.782. The number of nitrogens with one attached hydrogen (secondary N) is 2. The largest absolute Gasteiger partial charge is 0.454 e. The molecule has 0 bridgehead atoms. The zero-order valence-electron chi connectivity index (χ0n) is 15.9. The molecule has 0 aliphatic heterocycles. The van der Waals surface area contributed by atoms with E-state index in [1.165, 1.54) is 18.3 Å². The highest BCUT2D eigenvalue weighted by molar-refractivity contribution is 7.21. The van der Waals surface area contributed by atoms with Crippen molar-refractivity contribution in [2.45, 2.75) is 6.92 Å². The van der Waals surface area contributed by atoms with Crippen molar-refractivity contribution < 1.29 is 23.9 Å². The molecule has 0 fully saturated rings. The second-order valence-electron chi connectivity index (χ2n) is 6.23. The Kier molecular flexibility index (Phi) is 6.81. The van der Waals surface area contributed by atoms with Crippen LogP contribution in [0.5, 0.6) is 0 Å². The zero-order chi connectivity index (χ0) is 21.7. The monoisotopic (exact) mass is 444 g/mol. The number of anilines is 1. The average Bonchev–Trinajstić information content (AvgIpc) is 3.07. The molecular weight excluding hydrogens is 428 g/mol. The molecule has 154 valence electrons. The van der Waals surface area contributed by atoms with E-state index in [4.69, 9.17) is 16.3 Å². The second kappa shape index (κ2) is 9.51. The zero-order valence-corrected chi connectivity index (χ0v) is 17.4. The van der Waals surface area contributed by atoms with Crippen LogP contribution in [0.2, 0.25) is 5.02 Å². The number of amides is 2. The van der Waals surface area contributed by atoms with Crippen LogP contribution in [-0.4, -0.2) is 36.7 Å². The Bertz CT molecular complexity index is 1140. The summed E-state index contributed by atoms with van der Waals surface area (Å²) in [5.74, 6) is -2.09. The number of Topliss-reactive ketones (excluding diaryl/α,β-unsaturated/α-hetero) is 1. The third kappa shape index (κ3) is 5.03. The van der Waals surface area contributed by atoms with Crippen molar-refractivity contribution in [1.29, 1.82) is 0 Å². The van der Waals surface area contributed by atoms with Gasteiger partial charge in [0.25, 0.3) is 11.8 Å². The maximum Gasteiger partial charge on any atom is 0.325 e. The van der Waals surface area contributed by atoms with E-state index < -0.39 is 30.9 Å². The third-order valence-corrected chi connectivity index (χ3v) is 5.75. The smallest absolute Gasteiger partial charge is 0.325 e. The van der Waals surface area contributed by atoms with Crippen LogP contribution in [-0.2, 0) is 14.3 Å². The lowest BCUT2D eigenvalue weighted by molar-refractivity contribution is -0.146. The summed E-state index contributed by atoms with van der Waals surface area (Å²) in [5, 5.41) is 6.04. The summed E-state index contributed by atoms with van der Waals surface area (Å²) in [6, 6.07) is 13.8. The van der Waals surface area contributed by atoms with Crippen LogP contribution in [0.1, 0.15) is 27.0 Å². The number of hydrogen-bond donors (Lipinski definition) is 2. The number of carbonyl (C=O) groups excluding carboxylic acids is 4. The van der Waals surface area contributed by atoms with Crippen molar-refractivity contribution in [2.24, 2.45) is 0 Å². The van der Waals surface area contributed by atoms with Crippen LogP contribution < -0.4 is 10.6 Å². The average molecular weight is 445 g/mol. The number of fused-ring (bicyclic) bond motifs is 1. The normalized spacial score (nSPS) is 10.5. The quantitative estimate of drug-likeness (QED) is 0.427. The molecule has 9 heteroatoms. The molecule has 0 spiro atoms. The van der Waals surface area contributed by atoms with Gasteiger partial charge in [0.2, 0.25) is 0 Å². The Morgan fingerprint density at radius 1 is 1.03 bits per heavy atom. The van der Waals surface area contributed by atoms with Gasteiger partial charge in [-0.2, -0.15) is 0 Å². The molecule has 0 saturated carbocycles. The molecule has 0 aliphatic rings. The van der Waals surface area contributed by atoms with Gasteiger partial charge < -0.3 is 15.4 Å². The summed E-state index contributed by atoms with van der Waals surface area (Å²) in [5.41, 5.74) is 0.684. The van der Waals surface area contributed by atoms with Gasteiger partial charge in [-0.15, -0.1) is 11.3 Å². The van der Waals surface area contributed by atoms with Gasteiger partial charge in [-0.05, 0) is 25.1 Å². The number of ketones is 1. The molecule has 1 aromatic heterocycles. The van der Waals surface area contributed by atoms with Crippen LogP contribution >= 0.6 is 22.9 Å². The number of esters is 1. The van der Waals surface area contributed by atoms with Crippen molar-refractivity contribution in [3.63, 3.8) is 0 Å². The predicted octanol–water partition coefficient (Wildman–Crippen LogP) is 3.67. The third-order valence-electron chi connectivity index (χ3n) is 4.08. The number of benzene rings is 2. The fourth-order valence-corrected chi connectivity index (χ4v) is 4.11. The SMILES string of the molecule is CC(=O)c1ccccc1NC(=O)COC(=O)CNC(=O)c1sc2ccccc2c1Cl. The van der Waals surface area contributed by atoms with Crippen molar-refractivity contribution in [3.8, 4) is 0 Å². The molecule has 0 atom stereocenters. The van der Waals surface area contributed by atoms with Gasteiger partial charge in [0.1, 0.15) is 11.4 Å². The van der Waals surface area contributed by atoms with Crippen molar-refractivity contribution >= 4 is 62.3 Å². The molecule has 3 rings (SSSR count). The summed E-state index contributed by atoms with van der Waals surface area (Å²) in [7, 11) is 0. The number of para-hydroxylation sites is 1. The predicted molar refractivity (Wildman–Crippen MR) is 115 cm³/mol. The van der Waals surface area contributed by atoms with Gasteiger partial charge in [-0.25, -0.2) is 0 Å². The van der Waals surface area contributed by atoms with E-state index in [9.17, 15) is 19.2 Å². The van der Waals surface area contributed by atoms with Crippen LogP contribution in [0.25, 0.3) is 10.1 Å². The number of thiophene rings is 1. The summed E-state index contributed by atoms with van der Waals surface area (Å²) in [6.07, 6.45) is 0. The molecule has 3 aromatic rings. The van der Waals surface area contributed by atoms with Gasteiger partial charge in [0, 0.05) is 15.6 Å². The van der Waals surface area contributed by atoms with Gasteiger partial charge in [-0.3, -0.25) is 19.2 Å². The van der Waals surface area contributed by atoms with Gasteiger partial charge >= 0.3 is 5.97 Å². The number of halogens is 1. The number of hydrogen-bond acceptors (Lipinski definition) is 6. The summed E-state index contributed by atoms with van der Waals surface area (Å²) in [4.78, 5) is 48.0. The minimum absolute atomic E-state index is 0.203. The van der Waals surface area contributed by atoms with Crippen molar-refractivity contribution in [2.75, 3.05) is 18.5 Å². The molecule has 1 heterocycles. The molecule has 2 N–H and O–H groups in total. The van der Waals surface area contributed by atoms with Crippen molar-refractivity contribution in [1.82, 2.24) is 5.32 Å². The maximum atomic E-state index is 12.3. The lowest BCUT2D eigenvalue weighted by Crippen LogP contribution is -2.32. The van der Waals surface area contributed by atoms with Gasteiger partial charge in [0.05, 0.1) is 10.7 Å². The van der Waals surface area contributed by atoms with E-state index in [-0.39, 0.29) is 5.78 Å². The van der Waals surface area contributed by atoms with Gasteiger partial charge in [0.15, 0.2) is 12.4 Å². The van der Waals surface area contributed by atoms with Crippen LogP contribution in [0.15, 0.2) is 48.5 Å². The Morgan fingerprint density at radius 3 is 2.47 bits per heavy atom. The molecule has 2 amide bonds. The lowest BCUT2D eigenvalue weighted by atomic mass is 10.1. The standard InChI is InChI=1S/C21H17ClN2O5S/c1-12(25)13-6-2-4-8-15(13)24-17(26)11-29-18(27)10-23-21(28)20-19(22)14-7-3-5-9-16(14)30-20/h2-9H,10-11H2,1H3,(H,23,28)(H,24,26). The first kappa shape index (κ1) is 21.5. The fourth-order valence-electron chi connectivity index (χ4n) is 2.68. The van der Waals surface area contributed by atoms with E-state index in [0.29, 0.717) is 21.2 Å². The highest BCUT2D eigenvalue weighted by atomic mass is 35.5. The number of ether oxygens (including phenoxy) is 1. The van der Waals surface area contributed by atoms with E-state index >= 15 is 0 Å². The number of rotatable bonds is 7. The second-order valence-corrected chi connectivity index (χ2v) is 7.66. The van der Waals surface area contributed by atoms with E-state index in [1.54, 1.807) is 24.3 Å². The fraction of sp³-hybridized carbons (Fsp3) is 0.143. The molecule has 0 aliphatic carbocycles. The summed E-state index contributed by atoms with van der Waals surface area (Å²) in [6.45, 7) is 0.418. The van der Waals surface area contributed by atoms with Crippen LogP contribution in [0.4, 0.5) is 5.69 Å². The lowest BCUT2D eigenvalue weighted by Gasteiger charge is -2.09. The molecule has 0 unspecified atom stereocenters.